The molecule has 0 aromatic heterocycles. The molecule has 0 unspecified atom stereocenters. The average Bonchev–Trinajstić information content (AvgIpc) is 2.56. The molecule has 5 nitrogen and oxygen atoms in total. The van der Waals surface area contributed by atoms with Gasteiger partial charge in [-0.1, -0.05) is 29.3 Å². The first-order valence-electron chi connectivity index (χ1n) is 7.67. The quantitative estimate of drug-likeness (QED) is 0.902. The van der Waals surface area contributed by atoms with Gasteiger partial charge in [-0.15, -0.1) is 0 Å². The minimum absolute atomic E-state index is 0.224. The average molecular weight is 367 g/mol. The van der Waals surface area contributed by atoms with Gasteiger partial charge in [0.25, 0.3) is 10.0 Å². The van der Waals surface area contributed by atoms with E-state index in [-0.39, 0.29) is 4.90 Å². The Hall–Kier alpha value is -1.76. The molecule has 1 saturated heterocycles. The number of morpholine rings is 1. The molecular formula is C17H19ClN2O3S. The zero-order valence-electron chi connectivity index (χ0n) is 13.3. The minimum atomic E-state index is -3.63. The first-order valence-corrected chi connectivity index (χ1v) is 9.53. The Morgan fingerprint density at radius 1 is 1.08 bits per heavy atom. The smallest absolute Gasteiger partial charge is 0.261 e. The van der Waals surface area contributed by atoms with E-state index in [0.29, 0.717) is 23.9 Å². The summed E-state index contributed by atoms with van der Waals surface area (Å²) >= 11 is 6.34. The second kappa shape index (κ2) is 7.01. The number of halogens is 1. The molecule has 2 aromatic rings. The number of nitrogens with zero attached hydrogens (tertiary/aromatic N) is 1. The molecule has 1 heterocycles. The number of hydrogen-bond donors (Lipinski definition) is 1. The predicted molar refractivity (Wildman–Crippen MR) is 96.5 cm³/mol. The molecule has 1 aliphatic heterocycles. The largest absolute Gasteiger partial charge is 0.378 e. The number of ether oxygens (including phenoxy) is 1. The molecule has 0 radical (unpaired) electrons. The van der Waals surface area contributed by atoms with Gasteiger partial charge in [-0.2, -0.15) is 0 Å². The van der Waals surface area contributed by atoms with Crippen LogP contribution in [0.1, 0.15) is 5.56 Å². The Balaban J connectivity index is 1.80. The molecule has 0 amide bonds. The monoisotopic (exact) mass is 366 g/mol. The summed E-state index contributed by atoms with van der Waals surface area (Å²) in [6.45, 7) is 4.78. The molecule has 3 rings (SSSR count). The SMILES string of the molecule is Cc1ccc(S(=O)(=O)Nc2ccc(N3CCOCC3)c(Cl)c2)cc1. The van der Waals surface area contributed by atoms with Gasteiger partial charge < -0.3 is 9.64 Å². The Morgan fingerprint density at radius 2 is 1.75 bits per heavy atom. The Kier molecular flexibility index (Phi) is 4.99. The second-order valence-electron chi connectivity index (χ2n) is 5.68. The van der Waals surface area contributed by atoms with Crippen LogP contribution in [0, 0.1) is 6.92 Å². The summed E-state index contributed by atoms with van der Waals surface area (Å²) in [6.07, 6.45) is 0. The van der Waals surface area contributed by atoms with E-state index in [4.69, 9.17) is 16.3 Å². The Bertz CT molecular complexity index is 816. The first kappa shape index (κ1) is 17.1. The summed E-state index contributed by atoms with van der Waals surface area (Å²) in [4.78, 5) is 2.35. The van der Waals surface area contributed by atoms with E-state index in [1.54, 1.807) is 36.4 Å². The zero-order chi connectivity index (χ0) is 17.2. The fourth-order valence-electron chi connectivity index (χ4n) is 2.56. The summed E-state index contributed by atoms with van der Waals surface area (Å²) in [5.41, 5.74) is 2.34. The van der Waals surface area contributed by atoms with Gasteiger partial charge in [-0.3, -0.25) is 4.72 Å². The highest BCUT2D eigenvalue weighted by Gasteiger charge is 2.17. The molecule has 0 saturated carbocycles. The summed E-state index contributed by atoms with van der Waals surface area (Å²) in [7, 11) is -3.63. The van der Waals surface area contributed by atoms with Gasteiger partial charge in [0, 0.05) is 13.1 Å². The standard InChI is InChI=1S/C17H19ClN2O3S/c1-13-2-5-15(6-3-13)24(21,22)19-14-4-7-17(16(18)12-14)20-8-10-23-11-9-20/h2-7,12,19H,8-11H2,1H3. The second-order valence-corrected chi connectivity index (χ2v) is 7.77. The van der Waals surface area contributed by atoms with Gasteiger partial charge >= 0.3 is 0 Å². The van der Waals surface area contributed by atoms with Gasteiger partial charge in [0.2, 0.25) is 0 Å². The molecule has 0 spiro atoms. The van der Waals surface area contributed by atoms with Crippen molar-refractivity contribution in [1.29, 1.82) is 0 Å². The van der Waals surface area contributed by atoms with E-state index in [1.165, 1.54) is 0 Å². The lowest BCUT2D eigenvalue weighted by molar-refractivity contribution is 0.122. The highest BCUT2D eigenvalue weighted by atomic mass is 35.5. The molecule has 1 fully saturated rings. The van der Waals surface area contributed by atoms with E-state index in [2.05, 4.69) is 9.62 Å². The molecule has 0 aliphatic carbocycles. The summed E-state index contributed by atoms with van der Waals surface area (Å²) in [5.74, 6) is 0. The molecule has 0 atom stereocenters. The summed E-state index contributed by atoms with van der Waals surface area (Å²) in [5, 5.41) is 0.515. The normalized spacial score (nSPS) is 15.3. The maximum atomic E-state index is 12.4. The predicted octanol–water partition coefficient (Wildman–Crippen LogP) is 3.29. The van der Waals surface area contributed by atoms with E-state index in [9.17, 15) is 8.42 Å². The van der Waals surface area contributed by atoms with Crippen molar-refractivity contribution in [1.82, 2.24) is 0 Å². The van der Waals surface area contributed by atoms with Crippen LogP contribution >= 0.6 is 11.6 Å². The third-order valence-electron chi connectivity index (χ3n) is 3.88. The molecule has 128 valence electrons. The third kappa shape index (κ3) is 3.83. The van der Waals surface area contributed by atoms with Crippen LogP contribution in [0.5, 0.6) is 0 Å². The van der Waals surface area contributed by atoms with E-state index in [1.807, 2.05) is 13.0 Å². The van der Waals surface area contributed by atoms with Crippen LogP contribution in [0.15, 0.2) is 47.4 Å². The van der Waals surface area contributed by atoms with Gasteiger partial charge in [0.05, 0.1) is 34.5 Å². The number of nitrogens with one attached hydrogen (secondary N) is 1. The number of aryl methyl sites for hydroxylation is 1. The third-order valence-corrected chi connectivity index (χ3v) is 5.58. The molecule has 0 bridgehead atoms. The van der Waals surface area contributed by atoms with E-state index < -0.39 is 10.0 Å². The van der Waals surface area contributed by atoms with Gasteiger partial charge in [0.15, 0.2) is 0 Å². The first-order chi connectivity index (χ1) is 11.5. The van der Waals surface area contributed by atoms with Crippen molar-refractivity contribution in [3.63, 3.8) is 0 Å². The maximum absolute atomic E-state index is 12.4. The number of benzene rings is 2. The van der Waals surface area contributed by atoms with Crippen LogP contribution in [0.2, 0.25) is 5.02 Å². The van der Waals surface area contributed by atoms with Crippen LogP contribution in [-0.2, 0) is 14.8 Å². The lowest BCUT2D eigenvalue weighted by Crippen LogP contribution is -2.36. The Labute approximate surface area is 147 Å². The molecular weight excluding hydrogens is 348 g/mol. The van der Waals surface area contributed by atoms with Crippen molar-refractivity contribution in [2.75, 3.05) is 35.9 Å². The van der Waals surface area contributed by atoms with Crippen LogP contribution in [0.25, 0.3) is 0 Å². The summed E-state index contributed by atoms with van der Waals surface area (Å²) < 4.78 is 32.8. The summed E-state index contributed by atoms with van der Waals surface area (Å²) in [6, 6.07) is 11.9. The highest BCUT2D eigenvalue weighted by Crippen LogP contribution is 2.30. The van der Waals surface area contributed by atoms with E-state index >= 15 is 0 Å². The highest BCUT2D eigenvalue weighted by molar-refractivity contribution is 7.92. The molecule has 2 aromatic carbocycles. The molecule has 7 heteroatoms. The van der Waals surface area contributed by atoms with Crippen molar-refractivity contribution in [2.24, 2.45) is 0 Å². The van der Waals surface area contributed by atoms with Crippen molar-refractivity contribution in [3.8, 4) is 0 Å². The maximum Gasteiger partial charge on any atom is 0.261 e. The van der Waals surface area contributed by atoms with Crippen LogP contribution in [-0.4, -0.2) is 34.7 Å². The number of rotatable bonds is 4. The van der Waals surface area contributed by atoms with Crippen molar-refractivity contribution in [2.45, 2.75) is 11.8 Å². The molecule has 1 aliphatic rings. The van der Waals surface area contributed by atoms with Crippen molar-refractivity contribution in [3.05, 3.63) is 53.1 Å². The molecule has 24 heavy (non-hydrogen) atoms. The van der Waals surface area contributed by atoms with Crippen LogP contribution < -0.4 is 9.62 Å². The van der Waals surface area contributed by atoms with Crippen molar-refractivity contribution < 1.29 is 13.2 Å². The van der Waals surface area contributed by atoms with Gasteiger partial charge in [0.1, 0.15) is 0 Å². The van der Waals surface area contributed by atoms with E-state index in [0.717, 1.165) is 24.3 Å². The Morgan fingerprint density at radius 3 is 2.38 bits per heavy atom. The van der Waals surface area contributed by atoms with Gasteiger partial charge in [-0.25, -0.2) is 8.42 Å². The number of hydrogen-bond acceptors (Lipinski definition) is 4. The molecule has 1 N–H and O–H groups in total. The topological polar surface area (TPSA) is 58.6 Å². The fourth-order valence-corrected chi connectivity index (χ4v) is 3.91. The zero-order valence-corrected chi connectivity index (χ0v) is 14.9. The lowest BCUT2D eigenvalue weighted by Gasteiger charge is -2.29. The number of anilines is 2. The van der Waals surface area contributed by atoms with Crippen LogP contribution in [0.4, 0.5) is 11.4 Å². The van der Waals surface area contributed by atoms with Crippen molar-refractivity contribution >= 4 is 33.0 Å². The minimum Gasteiger partial charge on any atom is -0.378 e. The lowest BCUT2D eigenvalue weighted by atomic mass is 10.2. The van der Waals surface area contributed by atoms with Crippen LogP contribution in [0.3, 0.4) is 0 Å². The fraction of sp³-hybridized carbons (Fsp3) is 0.294. The van der Waals surface area contributed by atoms with Gasteiger partial charge in [-0.05, 0) is 37.3 Å². The number of sulfonamides is 1.